The predicted octanol–water partition coefficient (Wildman–Crippen LogP) is 4.24. The van der Waals surface area contributed by atoms with Gasteiger partial charge in [-0.25, -0.2) is 0 Å². The number of amides is 1. The van der Waals surface area contributed by atoms with Crippen molar-refractivity contribution in [3.05, 3.63) is 77.3 Å². The maximum atomic E-state index is 11.9. The first kappa shape index (κ1) is 18.6. The van der Waals surface area contributed by atoms with E-state index in [0.717, 1.165) is 11.1 Å². The maximum Gasteiger partial charge on any atom is 0.244 e. The third-order valence-corrected chi connectivity index (χ3v) is 3.60. The second-order valence-electron chi connectivity index (χ2n) is 5.19. The average molecular weight is 358 g/mol. The lowest BCUT2D eigenvalue weighted by Crippen LogP contribution is -2.20. The molecular weight excluding hydrogens is 338 g/mol. The summed E-state index contributed by atoms with van der Waals surface area (Å²) in [6.07, 6.45) is 4.87. The van der Waals surface area contributed by atoms with Gasteiger partial charge in [0.05, 0.1) is 7.11 Å². The van der Waals surface area contributed by atoms with E-state index in [1.807, 2.05) is 18.2 Å². The van der Waals surface area contributed by atoms with Gasteiger partial charge in [-0.3, -0.25) is 4.79 Å². The molecule has 25 heavy (non-hydrogen) atoms. The largest absolute Gasteiger partial charge is 0.493 e. The van der Waals surface area contributed by atoms with E-state index in [9.17, 15) is 4.79 Å². The summed E-state index contributed by atoms with van der Waals surface area (Å²) in [6.45, 7) is 4.46. The molecule has 0 heterocycles. The number of nitrogens with one attached hydrogen (secondary N) is 1. The fourth-order valence-corrected chi connectivity index (χ4v) is 2.20. The van der Waals surface area contributed by atoms with Crippen LogP contribution in [0.5, 0.6) is 11.5 Å². The van der Waals surface area contributed by atoms with E-state index in [1.54, 1.807) is 43.5 Å². The summed E-state index contributed by atoms with van der Waals surface area (Å²) < 4.78 is 10.8. The van der Waals surface area contributed by atoms with Crippen LogP contribution < -0.4 is 14.8 Å². The molecule has 0 atom stereocenters. The van der Waals surface area contributed by atoms with E-state index in [-0.39, 0.29) is 5.91 Å². The van der Waals surface area contributed by atoms with Gasteiger partial charge >= 0.3 is 0 Å². The minimum Gasteiger partial charge on any atom is -0.493 e. The molecule has 0 aromatic heterocycles. The number of carbonyl (C=O) groups is 1. The van der Waals surface area contributed by atoms with Crippen molar-refractivity contribution in [1.82, 2.24) is 5.32 Å². The Hall–Kier alpha value is -2.72. The van der Waals surface area contributed by atoms with Gasteiger partial charge in [0, 0.05) is 17.6 Å². The third-order valence-electron chi connectivity index (χ3n) is 3.35. The van der Waals surface area contributed by atoms with Crippen molar-refractivity contribution >= 4 is 23.6 Å². The molecule has 0 aliphatic rings. The molecule has 0 spiro atoms. The van der Waals surface area contributed by atoms with Crippen molar-refractivity contribution in [3.8, 4) is 11.5 Å². The number of halogens is 1. The first-order valence-corrected chi connectivity index (χ1v) is 8.12. The Morgan fingerprint density at radius 3 is 2.64 bits per heavy atom. The summed E-state index contributed by atoms with van der Waals surface area (Å²) in [7, 11) is 1.57. The molecule has 1 amide bonds. The van der Waals surface area contributed by atoms with Gasteiger partial charge in [-0.2, -0.15) is 0 Å². The molecule has 5 heteroatoms. The number of benzene rings is 2. The van der Waals surface area contributed by atoms with Gasteiger partial charge in [0.15, 0.2) is 11.5 Å². The van der Waals surface area contributed by atoms with E-state index < -0.39 is 0 Å². The predicted molar refractivity (Wildman–Crippen MR) is 101 cm³/mol. The van der Waals surface area contributed by atoms with Crippen molar-refractivity contribution < 1.29 is 14.3 Å². The van der Waals surface area contributed by atoms with Crippen LogP contribution >= 0.6 is 11.6 Å². The summed E-state index contributed by atoms with van der Waals surface area (Å²) in [4.78, 5) is 11.9. The highest BCUT2D eigenvalue weighted by Gasteiger charge is 2.04. The van der Waals surface area contributed by atoms with Crippen molar-refractivity contribution in [1.29, 1.82) is 0 Å². The van der Waals surface area contributed by atoms with Crippen LogP contribution in [0.25, 0.3) is 6.08 Å². The zero-order valence-electron chi connectivity index (χ0n) is 14.0. The minimum atomic E-state index is -0.180. The molecule has 0 bridgehead atoms. The molecule has 130 valence electrons. The van der Waals surface area contributed by atoms with Crippen molar-refractivity contribution in [2.24, 2.45) is 0 Å². The van der Waals surface area contributed by atoms with Gasteiger partial charge in [-0.15, -0.1) is 0 Å². The topological polar surface area (TPSA) is 47.6 Å². The summed E-state index contributed by atoms with van der Waals surface area (Å²) >= 11 is 5.83. The van der Waals surface area contributed by atoms with Crippen LogP contribution in [-0.4, -0.2) is 19.6 Å². The fourth-order valence-electron chi connectivity index (χ4n) is 2.08. The van der Waals surface area contributed by atoms with Crippen LogP contribution in [-0.2, 0) is 11.3 Å². The highest BCUT2D eigenvalue weighted by molar-refractivity contribution is 6.30. The van der Waals surface area contributed by atoms with Crippen molar-refractivity contribution in [2.45, 2.75) is 6.54 Å². The second-order valence-corrected chi connectivity index (χ2v) is 5.62. The number of rotatable bonds is 8. The van der Waals surface area contributed by atoms with Crippen LogP contribution in [0, 0.1) is 0 Å². The van der Waals surface area contributed by atoms with Crippen LogP contribution in [0.4, 0.5) is 0 Å². The molecule has 2 aromatic rings. The Bertz CT molecular complexity index is 754. The first-order valence-electron chi connectivity index (χ1n) is 7.74. The zero-order valence-corrected chi connectivity index (χ0v) is 14.8. The summed E-state index contributed by atoms with van der Waals surface area (Å²) in [5, 5.41) is 3.49. The van der Waals surface area contributed by atoms with Gasteiger partial charge in [-0.1, -0.05) is 42.5 Å². The molecule has 0 fully saturated rings. The Morgan fingerprint density at radius 1 is 1.20 bits per heavy atom. The molecule has 0 aliphatic heterocycles. The number of ether oxygens (including phenoxy) is 2. The minimum absolute atomic E-state index is 0.180. The molecule has 0 radical (unpaired) electrons. The molecule has 2 rings (SSSR count). The van der Waals surface area contributed by atoms with Crippen LogP contribution in [0.15, 0.2) is 61.2 Å². The van der Waals surface area contributed by atoms with Gasteiger partial charge in [-0.05, 0) is 41.5 Å². The smallest absolute Gasteiger partial charge is 0.244 e. The Kier molecular flexibility index (Phi) is 7.11. The second kappa shape index (κ2) is 9.55. The molecule has 0 saturated heterocycles. The quantitative estimate of drug-likeness (QED) is 0.567. The van der Waals surface area contributed by atoms with E-state index in [4.69, 9.17) is 21.1 Å². The molecule has 2 aromatic carbocycles. The van der Waals surface area contributed by atoms with Gasteiger partial charge in [0.2, 0.25) is 5.91 Å². The number of hydrogen-bond donors (Lipinski definition) is 1. The number of carbonyl (C=O) groups excluding carboxylic acids is 1. The van der Waals surface area contributed by atoms with Crippen LogP contribution in [0.3, 0.4) is 0 Å². The summed E-state index contributed by atoms with van der Waals surface area (Å²) in [5.74, 6) is 1.05. The monoisotopic (exact) mass is 357 g/mol. The SMILES string of the molecule is C=CCOc1ccc(/C=C/C(=O)NCc2ccc(Cl)cc2)cc1OC. The van der Waals surface area contributed by atoms with E-state index in [0.29, 0.717) is 29.7 Å². The maximum absolute atomic E-state index is 11.9. The molecule has 0 aliphatic carbocycles. The molecular formula is C20H20ClNO3. The van der Waals surface area contributed by atoms with Crippen LogP contribution in [0.1, 0.15) is 11.1 Å². The molecule has 1 N–H and O–H groups in total. The molecule has 0 unspecified atom stereocenters. The Morgan fingerprint density at radius 2 is 1.96 bits per heavy atom. The zero-order chi connectivity index (χ0) is 18.1. The van der Waals surface area contributed by atoms with E-state index in [2.05, 4.69) is 11.9 Å². The lowest BCUT2D eigenvalue weighted by Gasteiger charge is -2.09. The van der Waals surface area contributed by atoms with Crippen molar-refractivity contribution in [3.63, 3.8) is 0 Å². The van der Waals surface area contributed by atoms with Gasteiger partial charge in [0.1, 0.15) is 6.61 Å². The Balaban J connectivity index is 1.94. The Labute approximate surface area is 152 Å². The standard InChI is InChI=1S/C20H20ClNO3/c1-3-12-25-18-10-6-15(13-19(18)24-2)7-11-20(23)22-14-16-4-8-17(21)9-5-16/h3-11,13H,1,12,14H2,2H3,(H,22,23)/b11-7+. The third kappa shape index (κ3) is 6.01. The highest BCUT2D eigenvalue weighted by Crippen LogP contribution is 2.28. The first-order chi connectivity index (χ1) is 12.1. The highest BCUT2D eigenvalue weighted by atomic mass is 35.5. The number of hydrogen-bond acceptors (Lipinski definition) is 3. The lowest BCUT2D eigenvalue weighted by atomic mass is 10.2. The average Bonchev–Trinajstić information content (AvgIpc) is 2.64. The summed E-state index contributed by atoms with van der Waals surface area (Å²) in [5.41, 5.74) is 1.82. The lowest BCUT2D eigenvalue weighted by molar-refractivity contribution is -0.116. The summed E-state index contributed by atoms with van der Waals surface area (Å²) in [6, 6.07) is 12.8. The van der Waals surface area contributed by atoms with Crippen molar-refractivity contribution in [2.75, 3.05) is 13.7 Å². The fraction of sp³-hybridized carbons (Fsp3) is 0.150. The normalized spacial score (nSPS) is 10.5. The van der Waals surface area contributed by atoms with Gasteiger partial charge in [0.25, 0.3) is 0 Å². The van der Waals surface area contributed by atoms with Crippen LogP contribution in [0.2, 0.25) is 5.02 Å². The van der Waals surface area contributed by atoms with Gasteiger partial charge < -0.3 is 14.8 Å². The van der Waals surface area contributed by atoms with E-state index in [1.165, 1.54) is 6.08 Å². The molecule has 0 saturated carbocycles. The van der Waals surface area contributed by atoms with E-state index >= 15 is 0 Å². The molecule has 4 nitrogen and oxygen atoms in total. The number of methoxy groups -OCH3 is 1.